The minimum Gasteiger partial charge on any atom is -0.490 e. The third kappa shape index (κ3) is 8.16. The number of nitrogens with one attached hydrogen (secondary N) is 3. The highest BCUT2D eigenvalue weighted by molar-refractivity contribution is 14.1. The van der Waals surface area contributed by atoms with Gasteiger partial charge in [-0.15, -0.1) is 0 Å². The Morgan fingerprint density at radius 2 is 1.87 bits per heavy atom. The van der Waals surface area contributed by atoms with E-state index in [1.54, 1.807) is 43.6 Å². The molecule has 1 aromatic heterocycles. The maximum absolute atomic E-state index is 12.8. The number of likely N-dealkylation sites (N-methyl/N-ethyl adjacent to an activating group) is 1. The summed E-state index contributed by atoms with van der Waals surface area (Å²) in [5.41, 5.74) is 2.50. The Hall–Kier alpha value is -3.16. The molecule has 1 heterocycles. The summed E-state index contributed by atoms with van der Waals surface area (Å²) < 4.78 is 12.8. The number of anilines is 1. The zero-order chi connectivity index (χ0) is 28.4. The van der Waals surface area contributed by atoms with Gasteiger partial charge in [-0.05, 0) is 55.9 Å². The average molecular weight is 650 g/mol. The van der Waals surface area contributed by atoms with E-state index >= 15 is 0 Å². The van der Waals surface area contributed by atoms with Gasteiger partial charge in [-0.3, -0.25) is 9.78 Å². The minimum absolute atomic E-state index is 0.0396. The maximum Gasteiger partial charge on any atom is 0.319 e. The molecule has 39 heavy (non-hydrogen) atoms. The van der Waals surface area contributed by atoms with Gasteiger partial charge in [0.15, 0.2) is 0 Å². The zero-order valence-corrected chi connectivity index (χ0v) is 24.9. The molecule has 3 amide bonds. The molecular weight excluding hydrogens is 613 g/mol. The van der Waals surface area contributed by atoms with Crippen molar-refractivity contribution in [2.24, 2.45) is 0 Å². The van der Waals surface area contributed by atoms with Gasteiger partial charge in [0, 0.05) is 47.9 Å². The van der Waals surface area contributed by atoms with Crippen molar-refractivity contribution >= 4 is 51.1 Å². The van der Waals surface area contributed by atoms with Gasteiger partial charge in [-0.25, -0.2) is 4.79 Å². The van der Waals surface area contributed by atoms with Gasteiger partial charge in [-0.2, -0.15) is 0 Å². The third-order valence-electron chi connectivity index (χ3n) is 6.10. The first kappa shape index (κ1) is 30.4. The van der Waals surface area contributed by atoms with Gasteiger partial charge in [0.05, 0.1) is 11.1 Å². The number of aromatic nitrogens is 1. The summed E-state index contributed by atoms with van der Waals surface area (Å²) in [6, 6.07) is 10.3. The number of amides is 3. The number of nitrogens with zero attached hydrogens (tertiary/aromatic N) is 2. The number of hydrogen-bond acceptors (Lipinski definition) is 7. The van der Waals surface area contributed by atoms with E-state index in [2.05, 4.69) is 48.4 Å². The fourth-order valence-corrected chi connectivity index (χ4v) is 4.64. The number of halogens is 1. The molecule has 1 atom stereocenters. The summed E-state index contributed by atoms with van der Waals surface area (Å²) in [4.78, 5) is 31.3. The summed E-state index contributed by atoms with van der Waals surface area (Å²) in [7, 11) is 1.55. The van der Waals surface area contributed by atoms with Crippen molar-refractivity contribution in [2.45, 2.75) is 31.3 Å². The Kier molecular flexibility index (Phi) is 11.6. The minimum atomic E-state index is -0.710. The molecule has 0 spiro atoms. The molecule has 2 aromatic carbocycles. The SMILES string of the molecule is CCNC(=O)Nc1ccc(Oc2ccnc3cc(OC[C@H](O)CN(CC)CC)c(C(=O)NC)cc23)cc1CI. The number of benzene rings is 2. The van der Waals surface area contributed by atoms with Gasteiger partial charge in [0.2, 0.25) is 0 Å². The lowest BCUT2D eigenvalue weighted by atomic mass is 10.1. The van der Waals surface area contributed by atoms with Crippen molar-refractivity contribution in [3.63, 3.8) is 0 Å². The number of alkyl halides is 1. The number of aliphatic hydroxyl groups excluding tert-OH is 1. The van der Waals surface area contributed by atoms with Gasteiger partial charge >= 0.3 is 6.03 Å². The molecule has 0 saturated carbocycles. The first-order valence-electron chi connectivity index (χ1n) is 12.9. The second kappa shape index (κ2) is 14.8. The Morgan fingerprint density at radius 3 is 2.54 bits per heavy atom. The number of fused-ring (bicyclic) bond motifs is 1. The largest absolute Gasteiger partial charge is 0.490 e. The lowest BCUT2D eigenvalue weighted by Crippen LogP contribution is -2.35. The highest BCUT2D eigenvalue weighted by Gasteiger charge is 2.18. The smallest absolute Gasteiger partial charge is 0.319 e. The van der Waals surface area contributed by atoms with Crippen LogP contribution < -0.4 is 25.4 Å². The number of carbonyl (C=O) groups excluding carboxylic acids is 2. The van der Waals surface area contributed by atoms with Gasteiger partial charge in [0.1, 0.15) is 30.0 Å². The van der Waals surface area contributed by atoms with Crippen LogP contribution in [0.15, 0.2) is 42.6 Å². The number of aliphatic hydroxyl groups is 1. The number of pyridine rings is 1. The van der Waals surface area contributed by atoms with E-state index in [4.69, 9.17) is 9.47 Å². The van der Waals surface area contributed by atoms with Gasteiger partial charge in [-0.1, -0.05) is 36.4 Å². The van der Waals surface area contributed by atoms with Gasteiger partial charge < -0.3 is 35.4 Å². The molecule has 0 fully saturated rings. The number of ether oxygens (including phenoxy) is 2. The Balaban J connectivity index is 1.89. The van der Waals surface area contributed by atoms with E-state index in [-0.39, 0.29) is 18.5 Å². The number of carbonyl (C=O) groups is 2. The van der Waals surface area contributed by atoms with E-state index in [9.17, 15) is 14.7 Å². The predicted molar refractivity (Wildman–Crippen MR) is 161 cm³/mol. The second-order valence-corrected chi connectivity index (χ2v) is 9.51. The highest BCUT2D eigenvalue weighted by Crippen LogP contribution is 2.35. The lowest BCUT2D eigenvalue weighted by Gasteiger charge is -2.22. The van der Waals surface area contributed by atoms with Crippen LogP contribution in [0.1, 0.15) is 36.7 Å². The molecule has 0 unspecified atom stereocenters. The Morgan fingerprint density at radius 1 is 1.10 bits per heavy atom. The molecule has 0 aliphatic carbocycles. The molecule has 4 N–H and O–H groups in total. The van der Waals surface area contributed by atoms with E-state index in [0.717, 1.165) is 18.7 Å². The van der Waals surface area contributed by atoms with Crippen LogP contribution in [0.5, 0.6) is 17.2 Å². The van der Waals surface area contributed by atoms with Crippen molar-refractivity contribution in [1.82, 2.24) is 20.5 Å². The summed E-state index contributed by atoms with van der Waals surface area (Å²) >= 11 is 2.23. The van der Waals surface area contributed by atoms with Crippen LogP contribution in [-0.2, 0) is 4.43 Å². The van der Waals surface area contributed by atoms with Crippen molar-refractivity contribution in [3.8, 4) is 17.2 Å². The van der Waals surface area contributed by atoms with E-state index in [1.165, 1.54) is 0 Å². The summed E-state index contributed by atoms with van der Waals surface area (Å²) in [5, 5.41) is 19.3. The predicted octanol–water partition coefficient (Wildman–Crippen LogP) is 4.54. The van der Waals surface area contributed by atoms with Crippen molar-refractivity contribution in [3.05, 3.63) is 53.7 Å². The molecule has 0 aliphatic rings. The third-order valence-corrected chi connectivity index (χ3v) is 6.92. The Labute approximate surface area is 242 Å². The molecule has 210 valence electrons. The van der Waals surface area contributed by atoms with Crippen LogP contribution >= 0.6 is 22.6 Å². The van der Waals surface area contributed by atoms with Crippen LogP contribution in [0.3, 0.4) is 0 Å². The topological polar surface area (TPSA) is 125 Å². The van der Waals surface area contributed by atoms with Crippen molar-refractivity contribution in [1.29, 1.82) is 0 Å². The van der Waals surface area contributed by atoms with Crippen molar-refractivity contribution in [2.75, 3.05) is 45.2 Å². The second-order valence-electron chi connectivity index (χ2n) is 8.74. The highest BCUT2D eigenvalue weighted by atomic mass is 127. The molecule has 0 radical (unpaired) electrons. The first-order chi connectivity index (χ1) is 18.8. The Bertz CT molecular complexity index is 1280. The maximum atomic E-state index is 12.8. The van der Waals surface area contributed by atoms with Crippen LogP contribution in [0.4, 0.5) is 10.5 Å². The molecule has 10 nitrogen and oxygen atoms in total. The molecule has 3 aromatic rings. The van der Waals surface area contributed by atoms with E-state index < -0.39 is 6.10 Å². The van der Waals surface area contributed by atoms with Gasteiger partial charge in [0.25, 0.3) is 5.91 Å². The molecule has 11 heteroatoms. The molecular formula is C28H36IN5O5. The fraction of sp³-hybridized carbons (Fsp3) is 0.393. The summed E-state index contributed by atoms with van der Waals surface area (Å²) in [6.07, 6.45) is 0.916. The lowest BCUT2D eigenvalue weighted by molar-refractivity contribution is 0.0706. The van der Waals surface area contributed by atoms with Crippen LogP contribution in [-0.4, -0.2) is 72.9 Å². The fourth-order valence-electron chi connectivity index (χ4n) is 4.01. The summed E-state index contributed by atoms with van der Waals surface area (Å²) in [5.74, 6) is 1.10. The van der Waals surface area contributed by atoms with Crippen LogP contribution in [0.25, 0.3) is 10.9 Å². The number of urea groups is 1. The van der Waals surface area contributed by atoms with Crippen LogP contribution in [0, 0.1) is 0 Å². The molecule has 3 rings (SSSR count). The van der Waals surface area contributed by atoms with Crippen LogP contribution in [0.2, 0.25) is 0 Å². The van der Waals surface area contributed by atoms with E-state index in [1.807, 2.05) is 26.8 Å². The average Bonchev–Trinajstić information content (AvgIpc) is 2.94. The number of hydrogen-bond donors (Lipinski definition) is 4. The molecule has 0 bridgehead atoms. The molecule has 0 saturated heterocycles. The van der Waals surface area contributed by atoms with Crippen molar-refractivity contribution < 1.29 is 24.2 Å². The summed E-state index contributed by atoms with van der Waals surface area (Å²) in [6.45, 7) is 8.63. The monoisotopic (exact) mass is 649 g/mol. The quantitative estimate of drug-likeness (QED) is 0.158. The van der Waals surface area contributed by atoms with E-state index in [0.29, 0.717) is 56.9 Å². The molecule has 0 aliphatic heterocycles. The number of rotatable bonds is 13. The first-order valence-corrected chi connectivity index (χ1v) is 14.5. The normalized spacial score (nSPS) is 11.8. The standard InChI is InChI=1S/C28H36IN5O5/c1-5-31-28(37)33-23-9-8-20(12-18(23)15-29)39-25-10-11-32-24-14-26(22(13-21(24)25)27(36)30-4)38-17-19(35)16-34(6-2)7-3/h8-14,19,35H,5-7,15-17H2,1-4H3,(H,30,36)(H2,31,33,37)/t19-/m1/s1. The zero-order valence-electron chi connectivity index (χ0n) is 22.7.